The summed E-state index contributed by atoms with van der Waals surface area (Å²) in [6.45, 7) is 0. The lowest BCUT2D eigenvalue weighted by Gasteiger charge is -2.15. The summed E-state index contributed by atoms with van der Waals surface area (Å²) in [4.78, 5) is 15.6. The Balaban J connectivity index is 1.05. The predicted molar refractivity (Wildman–Crippen MR) is 259 cm³/mol. The van der Waals surface area contributed by atoms with E-state index in [-0.39, 0.29) is 0 Å². The summed E-state index contributed by atoms with van der Waals surface area (Å²) in [5.74, 6) is 1.79. The van der Waals surface area contributed by atoms with Crippen LogP contribution < -0.4 is 0 Å². The van der Waals surface area contributed by atoms with Crippen LogP contribution in [0.2, 0.25) is 0 Å². The summed E-state index contributed by atoms with van der Waals surface area (Å²) >= 11 is 0. The molecule has 4 aromatic heterocycles. The van der Waals surface area contributed by atoms with E-state index in [9.17, 15) is 0 Å². The minimum atomic E-state index is 0.574. The molecule has 0 bridgehead atoms. The highest BCUT2D eigenvalue weighted by Crippen LogP contribution is 2.42. The van der Waals surface area contributed by atoms with Crippen molar-refractivity contribution < 1.29 is 0 Å². The van der Waals surface area contributed by atoms with Gasteiger partial charge in [0.05, 0.1) is 38.8 Å². The van der Waals surface area contributed by atoms with E-state index in [0.717, 1.165) is 60.9 Å². The number of fused-ring (bicyclic) bond motifs is 9. The van der Waals surface area contributed by atoms with Crippen molar-refractivity contribution in [2.75, 3.05) is 0 Å². The van der Waals surface area contributed by atoms with Crippen molar-refractivity contribution in [3.05, 3.63) is 218 Å². The topological polar surface area (TPSA) is 53.5 Å². The highest BCUT2D eigenvalue weighted by molar-refractivity contribution is 6.19. The second-order valence-electron chi connectivity index (χ2n) is 16.0. The molecular formula is C57H36N6. The van der Waals surface area contributed by atoms with Gasteiger partial charge in [0.2, 0.25) is 5.95 Å². The zero-order valence-corrected chi connectivity index (χ0v) is 34.0. The molecule has 0 amide bonds. The number of benzene rings is 9. The smallest absolute Gasteiger partial charge is 0.238 e. The minimum Gasteiger partial charge on any atom is -0.309 e. The SMILES string of the molecule is c1ccc(-c2nc(-c3cccc(-n4c5ccccc5c5cc6c7ccccc7n(-c7ccccc7-c7ccccc7)c6cc54)c3)nc(-n3c4ccccc4c4ccccc43)n2)cc1. The molecule has 13 rings (SSSR count). The van der Waals surface area contributed by atoms with Gasteiger partial charge >= 0.3 is 0 Å². The first kappa shape index (κ1) is 35.2. The third-order valence-corrected chi connectivity index (χ3v) is 12.5. The highest BCUT2D eigenvalue weighted by Gasteiger charge is 2.22. The molecule has 6 nitrogen and oxygen atoms in total. The molecule has 63 heavy (non-hydrogen) atoms. The molecule has 0 N–H and O–H groups in total. The number of nitrogens with zero attached hydrogens (tertiary/aromatic N) is 6. The Bertz CT molecular complexity index is 3860. The van der Waals surface area contributed by atoms with Gasteiger partial charge in [-0.1, -0.05) is 164 Å². The van der Waals surface area contributed by atoms with E-state index in [0.29, 0.717) is 17.6 Å². The van der Waals surface area contributed by atoms with Crippen LogP contribution in [0.25, 0.3) is 117 Å². The van der Waals surface area contributed by atoms with Crippen LogP contribution in [0.4, 0.5) is 0 Å². The standard InChI is InChI=1S/C57H36N6/c1-3-18-37(19-4-1)41-24-7-12-29-48(41)62-50-31-14-11-28-45(50)47-35-46-44-27-10-13-30-49(44)61(53(46)36-54(47)62)40-23-17-22-39(34-40)56-58-55(38-20-5-2-6-21-38)59-57(60-56)63-51-32-15-8-25-42(51)43-26-9-16-33-52(43)63/h1-36H. The van der Waals surface area contributed by atoms with Crippen LogP contribution in [0.1, 0.15) is 0 Å². The molecule has 0 atom stereocenters. The van der Waals surface area contributed by atoms with Crippen molar-refractivity contribution >= 4 is 65.4 Å². The summed E-state index contributed by atoms with van der Waals surface area (Å²) in [5.41, 5.74) is 13.0. The molecule has 13 aromatic rings. The van der Waals surface area contributed by atoms with E-state index in [1.807, 2.05) is 18.2 Å². The molecule has 294 valence electrons. The van der Waals surface area contributed by atoms with Gasteiger partial charge in [-0.25, -0.2) is 4.98 Å². The fraction of sp³-hybridized carbons (Fsp3) is 0. The Morgan fingerprint density at radius 3 is 1.37 bits per heavy atom. The van der Waals surface area contributed by atoms with Gasteiger partial charge in [0, 0.05) is 54.7 Å². The lowest BCUT2D eigenvalue weighted by Crippen LogP contribution is -2.06. The average molecular weight is 805 g/mol. The first-order valence-corrected chi connectivity index (χ1v) is 21.3. The molecular weight excluding hydrogens is 769 g/mol. The summed E-state index contributed by atoms with van der Waals surface area (Å²) in [7, 11) is 0. The monoisotopic (exact) mass is 804 g/mol. The number of para-hydroxylation sites is 5. The van der Waals surface area contributed by atoms with Crippen LogP contribution in [0.3, 0.4) is 0 Å². The molecule has 0 aliphatic carbocycles. The van der Waals surface area contributed by atoms with Crippen LogP contribution in [0.5, 0.6) is 0 Å². The fourth-order valence-electron chi connectivity index (χ4n) is 9.73. The van der Waals surface area contributed by atoms with E-state index in [1.165, 1.54) is 38.2 Å². The van der Waals surface area contributed by atoms with Crippen molar-refractivity contribution in [1.82, 2.24) is 28.7 Å². The lowest BCUT2D eigenvalue weighted by atomic mass is 10.0. The van der Waals surface area contributed by atoms with Crippen LogP contribution in [0, 0.1) is 0 Å². The first-order chi connectivity index (χ1) is 31.3. The first-order valence-electron chi connectivity index (χ1n) is 21.3. The van der Waals surface area contributed by atoms with Crippen molar-refractivity contribution in [2.24, 2.45) is 0 Å². The molecule has 0 aliphatic heterocycles. The van der Waals surface area contributed by atoms with Crippen molar-refractivity contribution in [2.45, 2.75) is 0 Å². The highest BCUT2D eigenvalue weighted by atomic mass is 15.2. The molecule has 0 spiro atoms. The molecule has 0 saturated heterocycles. The summed E-state index contributed by atoms with van der Waals surface area (Å²) in [6, 6.07) is 77.4. The van der Waals surface area contributed by atoms with Gasteiger partial charge < -0.3 is 9.13 Å². The predicted octanol–water partition coefficient (Wildman–Crippen LogP) is 14.2. The molecule has 6 heteroatoms. The van der Waals surface area contributed by atoms with Gasteiger partial charge in [-0.15, -0.1) is 0 Å². The maximum Gasteiger partial charge on any atom is 0.238 e. The van der Waals surface area contributed by atoms with Crippen LogP contribution in [0.15, 0.2) is 218 Å². The molecule has 9 aromatic carbocycles. The maximum atomic E-state index is 5.29. The van der Waals surface area contributed by atoms with Gasteiger partial charge in [-0.3, -0.25) is 4.57 Å². The van der Waals surface area contributed by atoms with Crippen LogP contribution >= 0.6 is 0 Å². The largest absolute Gasteiger partial charge is 0.309 e. The van der Waals surface area contributed by atoms with Crippen molar-refractivity contribution in [3.8, 4) is 51.2 Å². The summed E-state index contributed by atoms with van der Waals surface area (Å²) in [5, 5.41) is 7.14. The molecule has 0 saturated carbocycles. The van der Waals surface area contributed by atoms with Gasteiger partial charge in [0.15, 0.2) is 11.6 Å². The van der Waals surface area contributed by atoms with E-state index in [2.05, 4.69) is 214 Å². The molecule has 0 aliphatic rings. The Morgan fingerprint density at radius 2 is 0.730 bits per heavy atom. The number of hydrogen-bond donors (Lipinski definition) is 0. The van der Waals surface area contributed by atoms with Crippen molar-refractivity contribution in [3.63, 3.8) is 0 Å². The number of hydrogen-bond acceptors (Lipinski definition) is 3. The van der Waals surface area contributed by atoms with Gasteiger partial charge in [-0.2, -0.15) is 9.97 Å². The van der Waals surface area contributed by atoms with E-state index < -0.39 is 0 Å². The zero-order chi connectivity index (χ0) is 41.4. The van der Waals surface area contributed by atoms with Crippen LogP contribution in [-0.2, 0) is 0 Å². The fourth-order valence-corrected chi connectivity index (χ4v) is 9.73. The average Bonchev–Trinajstić information content (AvgIpc) is 3.99. The third kappa shape index (κ3) is 5.48. The van der Waals surface area contributed by atoms with E-state index >= 15 is 0 Å². The third-order valence-electron chi connectivity index (χ3n) is 12.5. The van der Waals surface area contributed by atoms with Gasteiger partial charge in [-0.05, 0) is 60.2 Å². The zero-order valence-electron chi connectivity index (χ0n) is 34.0. The normalized spacial score (nSPS) is 11.8. The Morgan fingerprint density at radius 1 is 0.270 bits per heavy atom. The Kier molecular flexibility index (Phi) is 7.80. The Hall–Kier alpha value is -8.61. The van der Waals surface area contributed by atoms with Crippen molar-refractivity contribution in [1.29, 1.82) is 0 Å². The van der Waals surface area contributed by atoms with Crippen LogP contribution in [-0.4, -0.2) is 28.7 Å². The van der Waals surface area contributed by atoms with E-state index in [4.69, 9.17) is 15.0 Å². The molecule has 4 heterocycles. The maximum absolute atomic E-state index is 5.29. The Labute approximate surface area is 362 Å². The minimum absolute atomic E-state index is 0.574. The molecule has 0 unspecified atom stereocenters. The van der Waals surface area contributed by atoms with Gasteiger partial charge in [0.25, 0.3) is 0 Å². The number of rotatable bonds is 6. The number of aromatic nitrogens is 6. The second-order valence-corrected chi connectivity index (χ2v) is 16.0. The van der Waals surface area contributed by atoms with Gasteiger partial charge in [0.1, 0.15) is 0 Å². The molecule has 0 radical (unpaired) electrons. The quantitative estimate of drug-likeness (QED) is 0.168. The van der Waals surface area contributed by atoms with E-state index in [1.54, 1.807) is 0 Å². The molecule has 0 fully saturated rings. The summed E-state index contributed by atoms with van der Waals surface area (Å²) in [6.07, 6.45) is 0. The lowest BCUT2D eigenvalue weighted by molar-refractivity contribution is 0.953. The summed E-state index contributed by atoms with van der Waals surface area (Å²) < 4.78 is 7.00. The second kappa shape index (κ2) is 14.0.